The smallest absolute Gasteiger partial charge is 0.341 e. The molecular formula is C11H13NO4. The maximum absolute atomic E-state index is 11.9. The maximum atomic E-state index is 11.9. The molecule has 0 spiro atoms. The zero-order chi connectivity index (χ0) is 11.5. The Balaban J connectivity index is 2.37. The fourth-order valence-electron chi connectivity index (χ4n) is 1.97. The Labute approximate surface area is 92.1 Å². The summed E-state index contributed by atoms with van der Waals surface area (Å²) in [6, 6.07) is 0. The molecule has 0 aromatic carbocycles. The van der Waals surface area contributed by atoms with Crippen LogP contribution in [-0.2, 0) is 4.74 Å². The van der Waals surface area contributed by atoms with Crippen molar-refractivity contribution in [2.24, 2.45) is 0 Å². The van der Waals surface area contributed by atoms with E-state index >= 15 is 0 Å². The van der Waals surface area contributed by atoms with Gasteiger partial charge in [0.2, 0.25) is 0 Å². The molecule has 2 heterocycles. The molecule has 2 rings (SSSR count). The Bertz CT molecular complexity index is 446. The van der Waals surface area contributed by atoms with Crippen molar-refractivity contribution in [2.45, 2.75) is 18.8 Å². The summed E-state index contributed by atoms with van der Waals surface area (Å²) in [7, 11) is 0. The molecule has 0 atom stereocenters. The fourth-order valence-corrected chi connectivity index (χ4v) is 1.97. The summed E-state index contributed by atoms with van der Waals surface area (Å²) in [5.74, 6) is -1.08. The van der Waals surface area contributed by atoms with Gasteiger partial charge in [-0.3, -0.25) is 4.79 Å². The lowest BCUT2D eigenvalue weighted by molar-refractivity contribution is 0.0694. The van der Waals surface area contributed by atoms with Gasteiger partial charge in [-0.05, 0) is 18.8 Å². The molecule has 1 aliphatic heterocycles. The first kappa shape index (κ1) is 10.9. The van der Waals surface area contributed by atoms with Crippen LogP contribution in [0.3, 0.4) is 0 Å². The lowest BCUT2D eigenvalue weighted by Crippen LogP contribution is -2.24. The minimum absolute atomic E-state index is 0.108. The molecule has 0 aliphatic carbocycles. The van der Waals surface area contributed by atoms with Crippen LogP contribution >= 0.6 is 0 Å². The zero-order valence-corrected chi connectivity index (χ0v) is 8.73. The number of ether oxygens (including phenoxy) is 1. The van der Waals surface area contributed by atoms with Gasteiger partial charge in [0.25, 0.3) is 0 Å². The predicted octanol–water partition coefficient (Wildman–Crippen LogP) is 0.967. The van der Waals surface area contributed by atoms with Crippen LogP contribution < -0.4 is 5.43 Å². The maximum Gasteiger partial charge on any atom is 0.341 e. The van der Waals surface area contributed by atoms with Crippen LogP contribution in [0.5, 0.6) is 0 Å². The number of carbonyl (C=O) groups is 1. The molecule has 0 bridgehead atoms. The van der Waals surface area contributed by atoms with E-state index in [0.29, 0.717) is 18.8 Å². The third-order valence-electron chi connectivity index (χ3n) is 2.86. The largest absolute Gasteiger partial charge is 0.477 e. The number of carboxylic acids is 1. The molecule has 1 aliphatic rings. The Morgan fingerprint density at radius 2 is 2.06 bits per heavy atom. The number of hydrogen-bond donors (Lipinski definition) is 2. The molecule has 0 saturated carbocycles. The van der Waals surface area contributed by atoms with Crippen molar-refractivity contribution in [3.63, 3.8) is 0 Å². The number of rotatable bonds is 2. The summed E-state index contributed by atoms with van der Waals surface area (Å²) >= 11 is 0. The average molecular weight is 223 g/mol. The van der Waals surface area contributed by atoms with Gasteiger partial charge in [0, 0.05) is 31.2 Å². The van der Waals surface area contributed by atoms with Crippen molar-refractivity contribution in [1.82, 2.24) is 4.98 Å². The molecular weight excluding hydrogens is 210 g/mol. The van der Waals surface area contributed by atoms with Crippen LogP contribution in [0.15, 0.2) is 17.2 Å². The van der Waals surface area contributed by atoms with E-state index < -0.39 is 5.97 Å². The monoisotopic (exact) mass is 223 g/mol. The van der Waals surface area contributed by atoms with Gasteiger partial charge in [0.05, 0.1) is 0 Å². The van der Waals surface area contributed by atoms with Crippen LogP contribution in [0.4, 0.5) is 0 Å². The number of carboxylic acid groups (broad SMARTS) is 1. The first-order chi connectivity index (χ1) is 7.70. The summed E-state index contributed by atoms with van der Waals surface area (Å²) in [6.45, 7) is 1.25. The molecule has 1 aromatic rings. The van der Waals surface area contributed by atoms with Gasteiger partial charge in [-0.2, -0.15) is 0 Å². The van der Waals surface area contributed by atoms with Gasteiger partial charge in [-0.15, -0.1) is 0 Å². The molecule has 1 aromatic heterocycles. The molecule has 1 fully saturated rings. The summed E-state index contributed by atoms with van der Waals surface area (Å²) in [5.41, 5.74) is -0.00894. The van der Waals surface area contributed by atoms with Crippen molar-refractivity contribution in [3.05, 3.63) is 33.7 Å². The van der Waals surface area contributed by atoms with Crippen molar-refractivity contribution < 1.29 is 14.6 Å². The molecule has 2 N–H and O–H groups in total. The molecule has 0 unspecified atom stereocenters. The number of aromatic carboxylic acids is 1. The van der Waals surface area contributed by atoms with Crippen LogP contribution in [0, 0.1) is 0 Å². The normalized spacial score (nSPS) is 17.2. The number of H-pyrrole nitrogens is 1. The SMILES string of the molecule is O=C(O)c1c[nH]cc(C2CCOCC2)c1=O. The Hall–Kier alpha value is -1.62. The standard InChI is InChI=1S/C11H13NO4/c13-10-8(7-1-3-16-4-2-7)5-12-6-9(10)11(14)15/h5-7H,1-4H2,(H,12,13)(H,14,15). The average Bonchev–Trinajstić information content (AvgIpc) is 2.30. The van der Waals surface area contributed by atoms with E-state index in [1.54, 1.807) is 6.20 Å². The quantitative estimate of drug-likeness (QED) is 0.782. The summed E-state index contributed by atoms with van der Waals surface area (Å²) < 4.78 is 5.21. The minimum Gasteiger partial charge on any atom is -0.477 e. The molecule has 0 amide bonds. The van der Waals surface area contributed by atoms with E-state index in [9.17, 15) is 9.59 Å². The van der Waals surface area contributed by atoms with Gasteiger partial charge in [-0.25, -0.2) is 4.79 Å². The van der Waals surface area contributed by atoms with Gasteiger partial charge in [0.15, 0.2) is 5.43 Å². The molecule has 0 radical (unpaired) electrons. The summed E-state index contributed by atoms with van der Waals surface area (Å²) in [4.78, 5) is 25.4. The molecule has 16 heavy (non-hydrogen) atoms. The highest BCUT2D eigenvalue weighted by Gasteiger charge is 2.21. The highest BCUT2D eigenvalue weighted by molar-refractivity contribution is 5.87. The lowest BCUT2D eigenvalue weighted by Gasteiger charge is -2.21. The number of aromatic amines is 1. The van der Waals surface area contributed by atoms with Crippen LogP contribution in [0.25, 0.3) is 0 Å². The van der Waals surface area contributed by atoms with Gasteiger partial charge < -0.3 is 14.8 Å². The lowest BCUT2D eigenvalue weighted by atomic mass is 9.92. The second-order valence-corrected chi connectivity index (χ2v) is 3.85. The molecule has 5 nitrogen and oxygen atoms in total. The van der Waals surface area contributed by atoms with Crippen LogP contribution in [0.2, 0.25) is 0 Å². The van der Waals surface area contributed by atoms with Crippen molar-refractivity contribution >= 4 is 5.97 Å². The second-order valence-electron chi connectivity index (χ2n) is 3.85. The van der Waals surface area contributed by atoms with E-state index in [1.807, 2.05) is 0 Å². The predicted molar refractivity (Wildman–Crippen MR) is 56.8 cm³/mol. The Kier molecular flexibility index (Phi) is 3.05. The molecule has 86 valence electrons. The summed E-state index contributed by atoms with van der Waals surface area (Å²) in [6.07, 6.45) is 4.37. The van der Waals surface area contributed by atoms with Gasteiger partial charge in [-0.1, -0.05) is 0 Å². The topological polar surface area (TPSA) is 79.4 Å². The Morgan fingerprint density at radius 1 is 1.38 bits per heavy atom. The minimum atomic E-state index is -1.19. The fraction of sp³-hybridized carbons (Fsp3) is 0.455. The van der Waals surface area contributed by atoms with Crippen molar-refractivity contribution in [3.8, 4) is 0 Å². The van der Waals surface area contributed by atoms with Crippen molar-refractivity contribution in [2.75, 3.05) is 13.2 Å². The van der Waals surface area contributed by atoms with Crippen LogP contribution in [0.1, 0.15) is 34.7 Å². The number of hydrogen-bond acceptors (Lipinski definition) is 3. The van der Waals surface area contributed by atoms with E-state index in [1.165, 1.54) is 6.20 Å². The third-order valence-corrected chi connectivity index (χ3v) is 2.86. The van der Waals surface area contributed by atoms with E-state index in [0.717, 1.165) is 12.8 Å². The van der Waals surface area contributed by atoms with E-state index in [-0.39, 0.29) is 16.9 Å². The number of pyridine rings is 1. The second kappa shape index (κ2) is 4.49. The third kappa shape index (κ3) is 1.99. The molecule has 5 heteroatoms. The molecule has 1 saturated heterocycles. The Morgan fingerprint density at radius 3 is 2.69 bits per heavy atom. The highest BCUT2D eigenvalue weighted by Crippen LogP contribution is 2.23. The van der Waals surface area contributed by atoms with Gasteiger partial charge in [0.1, 0.15) is 5.56 Å². The first-order valence-corrected chi connectivity index (χ1v) is 5.22. The zero-order valence-electron chi connectivity index (χ0n) is 8.73. The van der Waals surface area contributed by atoms with Gasteiger partial charge >= 0.3 is 5.97 Å². The van der Waals surface area contributed by atoms with E-state index in [4.69, 9.17) is 9.84 Å². The number of nitrogens with one attached hydrogen (secondary N) is 1. The first-order valence-electron chi connectivity index (χ1n) is 5.22. The number of aromatic nitrogens is 1. The van der Waals surface area contributed by atoms with Crippen LogP contribution in [-0.4, -0.2) is 29.3 Å². The van der Waals surface area contributed by atoms with Crippen molar-refractivity contribution in [1.29, 1.82) is 0 Å². The van der Waals surface area contributed by atoms with E-state index in [2.05, 4.69) is 4.98 Å². The summed E-state index contributed by atoms with van der Waals surface area (Å²) in [5, 5.41) is 8.84. The highest BCUT2D eigenvalue weighted by atomic mass is 16.5.